The van der Waals surface area contributed by atoms with Gasteiger partial charge >= 0.3 is 0 Å². The lowest BCUT2D eigenvalue weighted by Gasteiger charge is -2.20. The van der Waals surface area contributed by atoms with Gasteiger partial charge in [0.2, 0.25) is 0 Å². The van der Waals surface area contributed by atoms with Gasteiger partial charge in [-0.05, 0) is 19.3 Å². The number of halogens is 1. The molecule has 0 aromatic heterocycles. The highest BCUT2D eigenvalue weighted by Gasteiger charge is 2.15. The molecule has 1 rings (SSSR count). The first-order valence-corrected chi connectivity index (χ1v) is 3.26. The number of ether oxygens (including phenoxy) is 1. The summed E-state index contributed by atoms with van der Waals surface area (Å²) in [4.78, 5) is 0. The third-order valence-corrected chi connectivity index (χ3v) is 1.53. The van der Waals surface area contributed by atoms with Gasteiger partial charge in [0, 0.05) is 6.61 Å². The van der Waals surface area contributed by atoms with Crippen molar-refractivity contribution < 1.29 is 4.74 Å². The highest BCUT2D eigenvalue weighted by atomic mass is 35.5. The van der Waals surface area contributed by atoms with Crippen molar-refractivity contribution >= 4 is 18.2 Å². The van der Waals surface area contributed by atoms with E-state index in [0.29, 0.717) is 0 Å². The first kappa shape index (κ1) is 9.72. The van der Waals surface area contributed by atoms with E-state index in [9.17, 15) is 0 Å². The average molecular weight is 165 g/mol. The number of hydrogen-bond donors (Lipinski definition) is 2. The van der Waals surface area contributed by atoms with Gasteiger partial charge in [-0.15, -0.1) is 12.4 Å². The van der Waals surface area contributed by atoms with Gasteiger partial charge in [-0.25, -0.2) is 0 Å². The van der Waals surface area contributed by atoms with Crippen LogP contribution >= 0.6 is 12.4 Å². The molecule has 0 saturated carbocycles. The quantitative estimate of drug-likeness (QED) is 0.447. The summed E-state index contributed by atoms with van der Waals surface area (Å²) in [6, 6.07) is 0. The van der Waals surface area contributed by atoms with Gasteiger partial charge in [-0.1, -0.05) is 0 Å². The fourth-order valence-electron chi connectivity index (χ4n) is 0.986. The van der Waals surface area contributed by atoms with E-state index in [4.69, 9.17) is 15.9 Å². The van der Waals surface area contributed by atoms with Crippen molar-refractivity contribution in [1.82, 2.24) is 0 Å². The maximum Gasteiger partial charge on any atom is 0.120 e. The molecule has 0 bridgehead atoms. The van der Waals surface area contributed by atoms with Crippen molar-refractivity contribution in [2.45, 2.75) is 25.4 Å². The molecule has 10 heavy (non-hydrogen) atoms. The summed E-state index contributed by atoms with van der Waals surface area (Å²) in [5.41, 5.74) is 5.23. The molecule has 0 spiro atoms. The summed E-state index contributed by atoms with van der Waals surface area (Å²) in [7, 11) is 0. The zero-order chi connectivity index (χ0) is 6.69. The fourth-order valence-corrected chi connectivity index (χ4v) is 0.986. The molecule has 3 nitrogen and oxygen atoms in total. The molecule has 1 saturated heterocycles. The topological polar surface area (TPSA) is 59.1 Å². The molecule has 3 N–H and O–H groups in total. The lowest BCUT2D eigenvalue weighted by molar-refractivity contribution is 0.0574. The van der Waals surface area contributed by atoms with Crippen LogP contribution in [0, 0.1) is 5.41 Å². The molecule has 0 amide bonds. The third-order valence-electron chi connectivity index (χ3n) is 1.53. The van der Waals surface area contributed by atoms with E-state index in [1.165, 1.54) is 0 Å². The van der Waals surface area contributed by atoms with Gasteiger partial charge in [0.05, 0.1) is 0 Å². The molecule has 4 heteroatoms. The normalized spacial score (nSPS) is 25.0. The lowest BCUT2D eigenvalue weighted by Crippen LogP contribution is -2.33. The van der Waals surface area contributed by atoms with Gasteiger partial charge < -0.3 is 10.5 Å². The summed E-state index contributed by atoms with van der Waals surface area (Å²) in [6.07, 6.45) is 3.10. The first-order chi connectivity index (χ1) is 4.30. The van der Waals surface area contributed by atoms with Crippen molar-refractivity contribution in [3.63, 3.8) is 0 Å². The molecule has 0 radical (unpaired) electrons. The minimum atomic E-state index is -0.0845. The number of nitrogens with one attached hydrogen (secondary N) is 1. The Morgan fingerprint density at radius 3 is 2.50 bits per heavy atom. The Hall–Kier alpha value is -0.280. The number of nitrogens with two attached hydrogens (primary N) is 1. The van der Waals surface area contributed by atoms with Crippen LogP contribution < -0.4 is 5.73 Å². The van der Waals surface area contributed by atoms with E-state index >= 15 is 0 Å². The number of hydrogen-bond acceptors (Lipinski definition) is 2. The van der Waals surface area contributed by atoms with Crippen LogP contribution in [-0.2, 0) is 4.74 Å². The SMILES string of the molecule is Cl.N=C(N)C1CCCCO1. The molecule has 60 valence electrons. The summed E-state index contributed by atoms with van der Waals surface area (Å²) in [5.74, 6) is 0.176. The van der Waals surface area contributed by atoms with Crippen molar-refractivity contribution in [3.05, 3.63) is 0 Å². The summed E-state index contributed by atoms with van der Waals surface area (Å²) in [5, 5.41) is 7.04. The highest BCUT2D eigenvalue weighted by molar-refractivity contribution is 5.85. The van der Waals surface area contributed by atoms with E-state index in [2.05, 4.69) is 0 Å². The van der Waals surface area contributed by atoms with E-state index in [1.807, 2.05) is 0 Å². The molecule has 1 fully saturated rings. The fraction of sp³-hybridized carbons (Fsp3) is 0.833. The molecule has 1 heterocycles. The Morgan fingerprint density at radius 1 is 1.50 bits per heavy atom. The van der Waals surface area contributed by atoms with E-state index in [-0.39, 0.29) is 24.3 Å². The van der Waals surface area contributed by atoms with Crippen LogP contribution in [-0.4, -0.2) is 18.5 Å². The largest absolute Gasteiger partial charge is 0.385 e. The van der Waals surface area contributed by atoms with Gasteiger partial charge in [0.1, 0.15) is 11.9 Å². The van der Waals surface area contributed by atoms with Crippen LogP contribution in [0.4, 0.5) is 0 Å². The Kier molecular flexibility index (Phi) is 4.40. The molecule has 0 aliphatic carbocycles. The van der Waals surface area contributed by atoms with Crippen molar-refractivity contribution in [2.75, 3.05) is 6.61 Å². The molecule has 1 unspecified atom stereocenters. The van der Waals surface area contributed by atoms with Gasteiger partial charge in [0.25, 0.3) is 0 Å². The van der Waals surface area contributed by atoms with Crippen LogP contribution in [0.15, 0.2) is 0 Å². The van der Waals surface area contributed by atoms with Crippen LogP contribution in [0.5, 0.6) is 0 Å². The number of rotatable bonds is 1. The highest BCUT2D eigenvalue weighted by Crippen LogP contribution is 2.11. The van der Waals surface area contributed by atoms with Gasteiger partial charge in [-0.3, -0.25) is 5.41 Å². The van der Waals surface area contributed by atoms with E-state index in [0.717, 1.165) is 25.9 Å². The Morgan fingerprint density at radius 2 is 2.20 bits per heavy atom. The monoisotopic (exact) mass is 164 g/mol. The predicted octanol–water partition coefficient (Wildman–Crippen LogP) is 0.913. The molecule has 1 aliphatic rings. The maximum atomic E-state index is 7.04. The molecule has 1 atom stereocenters. The van der Waals surface area contributed by atoms with Gasteiger partial charge in [-0.2, -0.15) is 0 Å². The number of amidine groups is 1. The molecule has 0 aromatic rings. The predicted molar refractivity (Wildman–Crippen MR) is 42.8 cm³/mol. The van der Waals surface area contributed by atoms with Crippen molar-refractivity contribution in [3.8, 4) is 0 Å². The van der Waals surface area contributed by atoms with Gasteiger partial charge in [0.15, 0.2) is 0 Å². The minimum Gasteiger partial charge on any atom is -0.385 e. The van der Waals surface area contributed by atoms with Crippen LogP contribution in [0.25, 0.3) is 0 Å². The second-order valence-corrected chi connectivity index (χ2v) is 2.31. The first-order valence-electron chi connectivity index (χ1n) is 3.26. The van der Waals surface area contributed by atoms with E-state index < -0.39 is 0 Å². The molecular formula is C6H13ClN2O. The Balaban J connectivity index is 0.000000810. The maximum absolute atomic E-state index is 7.04. The second-order valence-electron chi connectivity index (χ2n) is 2.31. The Bertz CT molecular complexity index is 112. The average Bonchev–Trinajstić information content (AvgIpc) is 1.90. The minimum absolute atomic E-state index is 0. The molecular weight excluding hydrogens is 152 g/mol. The summed E-state index contributed by atoms with van der Waals surface area (Å²) >= 11 is 0. The zero-order valence-electron chi connectivity index (χ0n) is 5.80. The summed E-state index contributed by atoms with van der Waals surface area (Å²) in [6.45, 7) is 0.768. The zero-order valence-corrected chi connectivity index (χ0v) is 6.62. The van der Waals surface area contributed by atoms with Crippen LogP contribution in [0.2, 0.25) is 0 Å². The van der Waals surface area contributed by atoms with E-state index in [1.54, 1.807) is 0 Å². The summed E-state index contributed by atoms with van der Waals surface area (Å²) < 4.78 is 5.19. The third kappa shape index (κ3) is 2.54. The van der Waals surface area contributed by atoms with Crippen molar-refractivity contribution in [2.24, 2.45) is 5.73 Å². The van der Waals surface area contributed by atoms with Crippen molar-refractivity contribution in [1.29, 1.82) is 5.41 Å². The molecule has 1 aliphatic heterocycles. The second kappa shape index (κ2) is 4.52. The smallest absolute Gasteiger partial charge is 0.120 e. The van der Waals surface area contributed by atoms with Crippen LogP contribution in [0.3, 0.4) is 0 Å². The van der Waals surface area contributed by atoms with Crippen LogP contribution in [0.1, 0.15) is 19.3 Å². The lowest BCUT2D eigenvalue weighted by atomic mass is 10.1. The molecule has 0 aromatic carbocycles. The Labute approximate surface area is 66.9 Å². The standard InChI is InChI=1S/C6H12N2O.ClH/c7-6(8)5-3-1-2-4-9-5;/h5H,1-4H2,(H3,7,8);1H.